The number of rotatable bonds is 13. The highest BCUT2D eigenvalue weighted by atomic mass is 16.7. The molecule has 0 bridgehead atoms. The lowest BCUT2D eigenvalue weighted by Gasteiger charge is -2.37. The number of hydrogen-bond donors (Lipinski definition) is 3. The van der Waals surface area contributed by atoms with Gasteiger partial charge in [-0.15, -0.1) is 0 Å². The molecule has 3 rings (SSSR count). The lowest BCUT2D eigenvalue weighted by atomic mass is 9.80. The van der Waals surface area contributed by atoms with E-state index >= 15 is 0 Å². The van der Waals surface area contributed by atoms with Crippen LogP contribution in [0, 0.1) is 16.0 Å². The number of hydrogen-bond acceptors (Lipinski definition) is 10. The number of benzene rings is 1. The molecule has 0 radical (unpaired) electrons. The highest BCUT2D eigenvalue weighted by Gasteiger charge is 2.37. The van der Waals surface area contributed by atoms with Crippen LogP contribution in [0.15, 0.2) is 54.4 Å². The Morgan fingerprint density at radius 3 is 2.55 bits per heavy atom. The van der Waals surface area contributed by atoms with Crippen LogP contribution in [0.2, 0.25) is 0 Å². The van der Waals surface area contributed by atoms with E-state index in [-0.39, 0.29) is 36.4 Å². The van der Waals surface area contributed by atoms with Crippen molar-refractivity contribution in [3.63, 3.8) is 0 Å². The van der Waals surface area contributed by atoms with E-state index in [1.807, 2.05) is 19.1 Å². The number of aliphatic hydroxyl groups is 1. The van der Waals surface area contributed by atoms with Gasteiger partial charge in [0.15, 0.2) is 5.76 Å². The second-order valence-electron chi connectivity index (χ2n) is 8.48. The number of carbonyl (C=O) groups is 2. The third kappa shape index (κ3) is 7.49. The normalized spacial score (nSPS) is 18.6. The summed E-state index contributed by atoms with van der Waals surface area (Å²) < 4.78 is 16.6. The maximum Gasteiger partial charge on any atom is 0.337 e. The molecule has 38 heavy (non-hydrogen) atoms. The second kappa shape index (κ2) is 14.1. The first-order valence-corrected chi connectivity index (χ1v) is 12.3. The van der Waals surface area contributed by atoms with E-state index < -0.39 is 23.1 Å². The van der Waals surface area contributed by atoms with E-state index in [1.165, 1.54) is 19.2 Å². The van der Waals surface area contributed by atoms with Crippen LogP contribution in [0.5, 0.6) is 0 Å². The number of amides is 1. The Balaban J connectivity index is 1.72. The quantitative estimate of drug-likeness (QED) is 0.152. The molecule has 0 spiro atoms. The number of aliphatic hydroxyl groups excluding tert-OH is 1. The van der Waals surface area contributed by atoms with Gasteiger partial charge in [-0.05, 0) is 49.6 Å². The number of nitrogens with zero attached hydrogens (tertiary/aromatic N) is 2. The molecular weight excluding hydrogens is 496 g/mol. The topological polar surface area (TPSA) is 162 Å². The number of esters is 1. The molecule has 1 aliphatic rings. The van der Waals surface area contributed by atoms with E-state index in [4.69, 9.17) is 14.2 Å². The Morgan fingerprint density at radius 1 is 1.18 bits per heavy atom. The van der Waals surface area contributed by atoms with Gasteiger partial charge in [-0.3, -0.25) is 14.9 Å². The smallest absolute Gasteiger partial charge is 0.337 e. The molecule has 1 aliphatic heterocycles. The predicted molar refractivity (Wildman–Crippen MR) is 137 cm³/mol. The summed E-state index contributed by atoms with van der Waals surface area (Å²) in [4.78, 5) is 39.0. The van der Waals surface area contributed by atoms with E-state index in [2.05, 4.69) is 15.6 Å². The number of nitro groups is 1. The fraction of sp³-hybridized carbons (Fsp3) is 0.423. The van der Waals surface area contributed by atoms with Crippen molar-refractivity contribution in [2.75, 3.05) is 38.7 Å². The Kier molecular flexibility index (Phi) is 10.6. The average molecular weight is 529 g/mol. The molecule has 12 nitrogen and oxygen atoms in total. The minimum absolute atomic E-state index is 0.0109. The van der Waals surface area contributed by atoms with Crippen molar-refractivity contribution >= 4 is 23.4 Å². The fourth-order valence-corrected chi connectivity index (χ4v) is 4.16. The van der Waals surface area contributed by atoms with Crippen LogP contribution >= 0.6 is 0 Å². The maximum absolute atomic E-state index is 13.0. The first-order valence-electron chi connectivity index (χ1n) is 12.3. The molecule has 0 saturated carbocycles. The van der Waals surface area contributed by atoms with Crippen molar-refractivity contribution in [3.05, 3.63) is 75.7 Å². The van der Waals surface area contributed by atoms with Crippen LogP contribution in [0.4, 0.5) is 11.5 Å². The summed E-state index contributed by atoms with van der Waals surface area (Å²) in [7, 11) is 1.32. The summed E-state index contributed by atoms with van der Waals surface area (Å²) >= 11 is 0. The molecule has 12 heteroatoms. The average Bonchev–Trinajstić information content (AvgIpc) is 2.94. The summed E-state index contributed by atoms with van der Waals surface area (Å²) in [5.41, 5.74) is 1.17. The SMILES string of the molecule is CCO[C@H]1OC(C(=O)NCCNc2ccc([N+](=O)[O-])cn2)=C[C@@H](c2ccc(C(=O)OC)cc2)[C@@H]1CCCO. The van der Waals surface area contributed by atoms with Crippen LogP contribution in [0.3, 0.4) is 0 Å². The summed E-state index contributed by atoms with van der Waals surface area (Å²) in [6, 6.07) is 9.78. The summed E-state index contributed by atoms with van der Waals surface area (Å²) in [5, 5.41) is 25.9. The van der Waals surface area contributed by atoms with Gasteiger partial charge in [0.05, 0.1) is 17.6 Å². The van der Waals surface area contributed by atoms with Crippen molar-refractivity contribution in [2.24, 2.45) is 5.92 Å². The predicted octanol–water partition coefficient (Wildman–Crippen LogP) is 2.75. The number of allylic oxidation sites excluding steroid dienone is 1. The second-order valence-corrected chi connectivity index (χ2v) is 8.48. The minimum atomic E-state index is -0.704. The first-order chi connectivity index (χ1) is 18.4. The van der Waals surface area contributed by atoms with Crippen LogP contribution in [0.1, 0.15) is 41.6 Å². The van der Waals surface area contributed by atoms with Gasteiger partial charge in [0.2, 0.25) is 6.29 Å². The number of ether oxygens (including phenoxy) is 3. The molecule has 1 aromatic heterocycles. The van der Waals surface area contributed by atoms with Crippen LogP contribution in [-0.2, 0) is 19.0 Å². The maximum atomic E-state index is 13.0. The van der Waals surface area contributed by atoms with Crippen molar-refractivity contribution in [1.29, 1.82) is 0 Å². The molecule has 0 saturated heterocycles. The fourth-order valence-electron chi connectivity index (χ4n) is 4.16. The van der Waals surface area contributed by atoms with Gasteiger partial charge >= 0.3 is 5.97 Å². The molecule has 0 unspecified atom stereocenters. The lowest BCUT2D eigenvalue weighted by Crippen LogP contribution is -2.39. The van der Waals surface area contributed by atoms with Crippen LogP contribution in [-0.4, -0.2) is 66.6 Å². The highest BCUT2D eigenvalue weighted by Crippen LogP contribution is 2.39. The monoisotopic (exact) mass is 528 g/mol. The third-order valence-corrected chi connectivity index (χ3v) is 6.03. The zero-order chi connectivity index (χ0) is 27.5. The number of aromatic nitrogens is 1. The Labute approximate surface area is 220 Å². The molecule has 3 atom stereocenters. The zero-order valence-corrected chi connectivity index (χ0v) is 21.3. The van der Waals surface area contributed by atoms with Gasteiger partial charge in [-0.25, -0.2) is 9.78 Å². The summed E-state index contributed by atoms with van der Waals surface area (Å²) in [6.45, 7) is 2.79. The largest absolute Gasteiger partial charge is 0.465 e. The number of carbonyl (C=O) groups excluding carboxylic acids is 2. The molecule has 3 N–H and O–H groups in total. The molecule has 204 valence electrons. The molecule has 1 amide bonds. The Hall–Kier alpha value is -4.03. The Morgan fingerprint density at radius 2 is 1.95 bits per heavy atom. The van der Waals surface area contributed by atoms with Gasteiger partial charge < -0.3 is 30.0 Å². The van der Waals surface area contributed by atoms with Crippen molar-refractivity contribution in [3.8, 4) is 0 Å². The van der Waals surface area contributed by atoms with Crippen LogP contribution in [0.25, 0.3) is 0 Å². The number of anilines is 1. The minimum Gasteiger partial charge on any atom is -0.465 e. The molecule has 1 aromatic carbocycles. The van der Waals surface area contributed by atoms with Gasteiger partial charge in [0, 0.05) is 44.2 Å². The summed E-state index contributed by atoms with van der Waals surface area (Å²) in [6.07, 6.45) is 3.32. The van der Waals surface area contributed by atoms with E-state index in [9.17, 15) is 24.8 Å². The zero-order valence-electron chi connectivity index (χ0n) is 21.3. The van der Waals surface area contributed by atoms with E-state index in [1.54, 1.807) is 18.2 Å². The third-order valence-electron chi connectivity index (χ3n) is 6.03. The van der Waals surface area contributed by atoms with E-state index in [0.29, 0.717) is 37.4 Å². The van der Waals surface area contributed by atoms with Crippen molar-refractivity contribution in [1.82, 2.24) is 10.3 Å². The standard InChI is InChI=1S/C26H32N4O8/c1-3-37-26-20(5-4-14-31)21(17-6-8-18(9-7-17)25(33)36-2)15-22(38-26)24(32)28-13-12-27-23-11-10-19(16-29-23)30(34)35/h6-11,15-16,20-21,26,31H,3-5,12-14H2,1-2H3,(H,27,29)(H,28,32)/t20-,21-,26-/m0/s1. The van der Waals surface area contributed by atoms with Gasteiger partial charge in [0.1, 0.15) is 12.0 Å². The molecule has 2 aromatic rings. The number of pyridine rings is 1. The molecule has 0 aliphatic carbocycles. The molecular formula is C26H32N4O8. The lowest BCUT2D eigenvalue weighted by molar-refractivity contribution is -0.385. The van der Waals surface area contributed by atoms with Gasteiger partial charge in [-0.1, -0.05) is 12.1 Å². The van der Waals surface area contributed by atoms with Crippen molar-refractivity contribution < 1.29 is 33.8 Å². The summed E-state index contributed by atoms with van der Waals surface area (Å²) in [5.74, 6) is -0.749. The molecule has 2 heterocycles. The number of nitrogens with one attached hydrogen (secondary N) is 2. The van der Waals surface area contributed by atoms with E-state index in [0.717, 1.165) is 11.8 Å². The van der Waals surface area contributed by atoms with Crippen molar-refractivity contribution in [2.45, 2.75) is 32.0 Å². The molecule has 0 fully saturated rings. The first kappa shape index (κ1) is 28.5. The van der Waals surface area contributed by atoms with Gasteiger partial charge in [-0.2, -0.15) is 0 Å². The van der Waals surface area contributed by atoms with Crippen LogP contribution < -0.4 is 10.6 Å². The Bertz CT molecular complexity index is 1120. The number of methoxy groups -OCH3 is 1. The van der Waals surface area contributed by atoms with Gasteiger partial charge in [0.25, 0.3) is 11.6 Å². The highest BCUT2D eigenvalue weighted by molar-refractivity contribution is 5.92.